The Hall–Kier alpha value is -1.56. The van der Waals surface area contributed by atoms with Crippen LogP contribution in [0.15, 0.2) is 9.59 Å². The molecule has 0 aliphatic rings. The molecule has 1 aromatic rings. The normalized spacial score (nSPS) is 11.2. The predicted molar refractivity (Wildman–Crippen MR) is 74.8 cm³/mol. The molecule has 0 aliphatic carbocycles. The van der Waals surface area contributed by atoms with Crippen LogP contribution in [0.1, 0.15) is 32.8 Å². The third-order valence-corrected chi connectivity index (χ3v) is 3.25. The van der Waals surface area contributed by atoms with E-state index in [1.165, 1.54) is 4.57 Å². The molecule has 6 nitrogen and oxygen atoms in total. The average molecular weight is 269 g/mol. The molecule has 0 amide bonds. The fraction of sp³-hybridized carbons (Fsp3) is 0.692. The Balaban J connectivity index is 2.95. The number of aromatic nitrogens is 2. The summed E-state index contributed by atoms with van der Waals surface area (Å²) in [5.41, 5.74) is -0.785. The molecular formula is C13H23N3O3. The smallest absolute Gasteiger partial charge is 0.331 e. The first-order valence-corrected chi connectivity index (χ1v) is 6.82. The number of nitrogens with zero attached hydrogens (tertiary/aromatic N) is 2. The summed E-state index contributed by atoms with van der Waals surface area (Å²) in [6.07, 6.45) is 1.44. The van der Waals surface area contributed by atoms with Gasteiger partial charge in [0.1, 0.15) is 0 Å². The summed E-state index contributed by atoms with van der Waals surface area (Å²) in [6, 6.07) is 0. The van der Waals surface area contributed by atoms with E-state index in [0.29, 0.717) is 19.5 Å². The number of aromatic hydroxyl groups is 1. The molecule has 0 aliphatic heterocycles. The summed E-state index contributed by atoms with van der Waals surface area (Å²) in [5, 5.41) is 9.99. The number of nitrogens with one attached hydrogen (secondary N) is 1. The van der Waals surface area contributed by atoms with Crippen molar-refractivity contribution in [1.29, 1.82) is 0 Å². The monoisotopic (exact) mass is 269 g/mol. The summed E-state index contributed by atoms with van der Waals surface area (Å²) in [4.78, 5) is 27.7. The zero-order valence-corrected chi connectivity index (χ0v) is 11.9. The maximum atomic E-state index is 11.7. The van der Waals surface area contributed by atoms with E-state index in [-0.39, 0.29) is 11.4 Å². The first-order chi connectivity index (χ1) is 9.04. The molecule has 108 valence electrons. The number of H-pyrrole nitrogens is 1. The molecule has 0 aromatic carbocycles. The van der Waals surface area contributed by atoms with Crippen LogP contribution in [0.3, 0.4) is 0 Å². The molecule has 0 fully saturated rings. The van der Waals surface area contributed by atoms with Crippen LogP contribution in [-0.4, -0.2) is 39.2 Å². The molecule has 0 spiro atoms. The summed E-state index contributed by atoms with van der Waals surface area (Å²) < 4.78 is 1.23. The van der Waals surface area contributed by atoms with Crippen molar-refractivity contribution in [2.45, 2.75) is 40.2 Å². The molecule has 2 N–H and O–H groups in total. The number of hydrogen-bond donors (Lipinski definition) is 2. The van der Waals surface area contributed by atoms with E-state index < -0.39 is 11.2 Å². The van der Waals surface area contributed by atoms with Crippen molar-refractivity contribution < 1.29 is 5.11 Å². The number of rotatable bonds is 7. The van der Waals surface area contributed by atoms with Crippen LogP contribution < -0.4 is 11.2 Å². The van der Waals surface area contributed by atoms with E-state index in [2.05, 4.69) is 23.7 Å². The highest BCUT2D eigenvalue weighted by atomic mass is 16.3. The second-order valence-electron chi connectivity index (χ2n) is 4.50. The molecule has 0 radical (unpaired) electrons. The van der Waals surface area contributed by atoms with E-state index in [9.17, 15) is 14.7 Å². The number of likely N-dealkylation sites (N-methyl/N-ethyl adjacent to an activating group) is 1. The highest BCUT2D eigenvalue weighted by Gasteiger charge is 2.13. The molecule has 1 heterocycles. The Morgan fingerprint density at radius 1 is 1.21 bits per heavy atom. The standard InChI is InChI=1S/C13H23N3O3/c1-4-7-15(6-3)8-9-16-12(18)10(5-2)11(17)14-13(16)19/h18H,4-9H2,1-3H3,(H,14,17,19). The van der Waals surface area contributed by atoms with Gasteiger partial charge in [0, 0.05) is 13.1 Å². The second-order valence-corrected chi connectivity index (χ2v) is 4.50. The minimum Gasteiger partial charge on any atom is -0.494 e. The molecule has 0 saturated carbocycles. The van der Waals surface area contributed by atoms with Gasteiger partial charge in [-0.1, -0.05) is 20.8 Å². The van der Waals surface area contributed by atoms with E-state index in [1.807, 2.05) is 0 Å². The lowest BCUT2D eigenvalue weighted by Gasteiger charge is -2.20. The van der Waals surface area contributed by atoms with Crippen molar-refractivity contribution in [2.24, 2.45) is 0 Å². The molecule has 1 aromatic heterocycles. The lowest BCUT2D eigenvalue weighted by atomic mass is 10.2. The minimum absolute atomic E-state index is 0.205. The molecule has 0 atom stereocenters. The zero-order chi connectivity index (χ0) is 14.4. The predicted octanol–water partition coefficient (Wildman–Crippen LogP) is 0.536. The summed E-state index contributed by atoms with van der Waals surface area (Å²) in [5.74, 6) is -0.205. The van der Waals surface area contributed by atoms with Crippen LogP contribution in [0, 0.1) is 0 Å². The van der Waals surface area contributed by atoms with Gasteiger partial charge < -0.3 is 10.0 Å². The quantitative estimate of drug-likeness (QED) is 0.757. The van der Waals surface area contributed by atoms with Crippen molar-refractivity contribution in [3.8, 4) is 5.88 Å². The summed E-state index contributed by atoms with van der Waals surface area (Å²) in [6.45, 7) is 8.83. The molecular weight excluding hydrogens is 246 g/mol. The van der Waals surface area contributed by atoms with Gasteiger partial charge in [-0.2, -0.15) is 0 Å². The molecule has 1 rings (SSSR count). The van der Waals surface area contributed by atoms with Gasteiger partial charge in [-0.3, -0.25) is 14.3 Å². The Morgan fingerprint density at radius 2 is 1.89 bits per heavy atom. The minimum atomic E-state index is -0.549. The molecule has 19 heavy (non-hydrogen) atoms. The fourth-order valence-corrected chi connectivity index (χ4v) is 2.11. The maximum absolute atomic E-state index is 11.7. The summed E-state index contributed by atoms with van der Waals surface area (Å²) >= 11 is 0. The SMILES string of the molecule is CCCN(CC)CCn1c(O)c(CC)c(=O)[nH]c1=O. The van der Waals surface area contributed by atoms with E-state index in [4.69, 9.17) is 0 Å². The van der Waals surface area contributed by atoms with Crippen LogP contribution in [0.5, 0.6) is 5.88 Å². The molecule has 0 bridgehead atoms. The largest absolute Gasteiger partial charge is 0.494 e. The van der Waals surface area contributed by atoms with Crippen LogP contribution in [0.25, 0.3) is 0 Å². The maximum Gasteiger partial charge on any atom is 0.331 e. The molecule has 0 saturated heterocycles. The highest BCUT2D eigenvalue weighted by Crippen LogP contribution is 2.10. The van der Waals surface area contributed by atoms with E-state index in [0.717, 1.165) is 19.5 Å². The van der Waals surface area contributed by atoms with Gasteiger partial charge in [0.25, 0.3) is 5.56 Å². The van der Waals surface area contributed by atoms with Crippen molar-refractivity contribution in [2.75, 3.05) is 19.6 Å². The van der Waals surface area contributed by atoms with Crippen LogP contribution >= 0.6 is 0 Å². The second kappa shape index (κ2) is 7.13. The van der Waals surface area contributed by atoms with Crippen molar-refractivity contribution in [1.82, 2.24) is 14.5 Å². The van der Waals surface area contributed by atoms with Gasteiger partial charge in [0.2, 0.25) is 5.88 Å². The van der Waals surface area contributed by atoms with Gasteiger partial charge in [0.15, 0.2) is 0 Å². The molecule has 0 unspecified atom stereocenters. The number of hydrogen-bond acceptors (Lipinski definition) is 4. The van der Waals surface area contributed by atoms with Gasteiger partial charge in [-0.25, -0.2) is 4.79 Å². The lowest BCUT2D eigenvalue weighted by molar-refractivity contribution is 0.266. The number of aromatic amines is 1. The van der Waals surface area contributed by atoms with E-state index in [1.54, 1.807) is 6.92 Å². The molecule has 6 heteroatoms. The highest BCUT2D eigenvalue weighted by molar-refractivity contribution is 5.22. The lowest BCUT2D eigenvalue weighted by Crippen LogP contribution is -2.36. The average Bonchev–Trinajstić information content (AvgIpc) is 2.37. The topological polar surface area (TPSA) is 78.3 Å². The summed E-state index contributed by atoms with van der Waals surface area (Å²) in [7, 11) is 0. The Kier molecular flexibility index (Phi) is 5.82. The van der Waals surface area contributed by atoms with Crippen molar-refractivity contribution >= 4 is 0 Å². The third kappa shape index (κ3) is 3.70. The van der Waals surface area contributed by atoms with Gasteiger partial charge in [-0.15, -0.1) is 0 Å². The fourth-order valence-electron chi connectivity index (χ4n) is 2.11. The first-order valence-electron chi connectivity index (χ1n) is 6.82. The Morgan fingerprint density at radius 3 is 2.42 bits per heavy atom. The van der Waals surface area contributed by atoms with Gasteiger partial charge in [0.05, 0.1) is 5.56 Å². The van der Waals surface area contributed by atoms with Gasteiger partial charge >= 0.3 is 5.69 Å². The van der Waals surface area contributed by atoms with Crippen LogP contribution in [0.2, 0.25) is 0 Å². The van der Waals surface area contributed by atoms with Crippen LogP contribution in [0.4, 0.5) is 0 Å². The Labute approximate surface area is 112 Å². The van der Waals surface area contributed by atoms with E-state index >= 15 is 0 Å². The van der Waals surface area contributed by atoms with Crippen molar-refractivity contribution in [3.63, 3.8) is 0 Å². The van der Waals surface area contributed by atoms with Gasteiger partial charge in [-0.05, 0) is 25.9 Å². The third-order valence-electron chi connectivity index (χ3n) is 3.25. The van der Waals surface area contributed by atoms with Crippen LogP contribution in [-0.2, 0) is 13.0 Å². The van der Waals surface area contributed by atoms with Crippen molar-refractivity contribution in [3.05, 3.63) is 26.4 Å². The first kappa shape index (κ1) is 15.5. The zero-order valence-electron chi connectivity index (χ0n) is 11.9. The Bertz CT molecular complexity index is 519.